The van der Waals surface area contributed by atoms with Crippen LogP contribution in [0.3, 0.4) is 0 Å². The van der Waals surface area contributed by atoms with E-state index in [2.05, 4.69) is 45.9 Å². The van der Waals surface area contributed by atoms with Gasteiger partial charge in [-0.2, -0.15) is 5.26 Å². The molecule has 1 aromatic carbocycles. The molecule has 0 radical (unpaired) electrons. The van der Waals surface area contributed by atoms with Crippen LogP contribution in [-0.4, -0.2) is 11.5 Å². The Hall–Kier alpha value is -2.49. The highest BCUT2D eigenvalue weighted by molar-refractivity contribution is 8.01. The first kappa shape index (κ1) is 23.7. The van der Waals surface area contributed by atoms with E-state index in [4.69, 9.17) is 5.73 Å². The van der Waals surface area contributed by atoms with Crippen LogP contribution in [0.1, 0.15) is 62.5 Å². The molecule has 6 heteroatoms. The van der Waals surface area contributed by atoms with Crippen LogP contribution < -0.4 is 10.6 Å². The van der Waals surface area contributed by atoms with Crippen LogP contribution in [0.4, 0.5) is 5.69 Å². The van der Waals surface area contributed by atoms with Crippen LogP contribution in [-0.2, 0) is 11.2 Å². The Kier molecular flexibility index (Phi) is 6.48. The Morgan fingerprint density at radius 2 is 2.03 bits per heavy atom. The van der Waals surface area contributed by atoms with Gasteiger partial charge < -0.3 is 5.73 Å². The lowest BCUT2D eigenvalue weighted by Gasteiger charge is -2.43. The third-order valence-corrected chi connectivity index (χ3v) is 8.83. The lowest BCUT2D eigenvalue weighted by Crippen LogP contribution is -2.42. The average molecular weight is 478 g/mol. The van der Waals surface area contributed by atoms with Crippen molar-refractivity contribution in [3.63, 3.8) is 0 Å². The molecule has 0 bridgehead atoms. The van der Waals surface area contributed by atoms with Crippen LogP contribution in [0.15, 0.2) is 57.2 Å². The fourth-order valence-corrected chi connectivity index (χ4v) is 7.32. The quantitative estimate of drug-likeness (QED) is 0.487. The Bertz CT molecular complexity index is 1210. The number of nitrogens with zero attached hydrogens (tertiary/aromatic N) is 2. The molecule has 1 aromatic heterocycles. The minimum atomic E-state index is -0.403. The minimum absolute atomic E-state index is 0.126. The normalized spacial score (nSPS) is 20.2. The van der Waals surface area contributed by atoms with E-state index >= 15 is 0 Å². The van der Waals surface area contributed by atoms with Gasteiger partial charge in [-0.15, -0.1) is 23.1 Å². The zero-order valence-corrected chi connectivity index (χ0v) is 21.6. The van der Waals surface area contributed by atoms with Crippen molar-refractivity contribution in [2.24, 2.45) is 11.1 Å². The molecule has 4 nitrogen and oxygen atoms in total. The third kappa shape index (κ3) is 4.25. The number of thioether (sulfide) groups is 1. The van der Waals surface area contributed by atoms with Gasteiger partial charge in [-0.3, -0.25) is 9.69 Å². The van der Waals surface area contributed by atoms with E-state index in [1.807, 2.05) is 30.0 Å². The molecule has 2 aromatic rings. The molecule has 0 saturated heterocycles. The van der Waals surface area contributed by atoms with E-state index in [9.17, 15) is 10.1 Å². The van der Waals surface area contributed by atoms with Gasteiger partial charge in [0.25, 0.3) is 0 Å². The van der Waals surface area contributed by atoms with Gasteiger partial charge in [0.05, 0.1) is 21.8 Å². The number of ketones is 1. The lowest BCUT2D eigenvalue weighted by molar-refractivity contribution is -0.118. The summed E-state index contributed by atoms with van der Waals surface area (Å²) in [5, 5.41) is 10.3. The number of thiophene rings is 1. The summed E-state index contributed by atoms with van der Waals surface area (Å²) in [5.74, 6) is 1.10. The molecule has 0 saturated carbocycles. The van der Waals surface area contributed by atoms with Gasteiger partial charge in [-0.05, 0) is 60.3 Å². The van der Waals surface area contributed by atoms with Crippen molar-refractivity contribution in [1.29, 1.82) is 5.26 Å². The molecule has 4 rings (SSSR count). The predicted octanol–water partition coefficient (Wildman–Crippen LogP) is 6.67. The van der Waals surface area contributed by atoms with E-state index in [0.29, 0.717) is 17.8 Å². The number of benzene rings is 1. The molecule has 33 heavy (non-hydrogen) atoms. The maximum Gasteiger partial charge on any atom is 0.162 e. The predicted molar refractivity (Wildman–Crippen MR) is 138 cm³/mol. The molecule has 0 amide bonds. The van der Waals surface area contributed by atoms with Crippen molar-refractivity contribution in [2.45, 2.75) is 64.0 Å². The van der Waals surface area contributed by atoms with Crippen LogP contribution in [0.2, 0.25) is 0 Å². The number of anilines is 1. The van der Waals surface area contributed by atoms with Gasteiger partial charge in [0, 0.05) is 28.3 Å². The molecule has 0 spiro atoms. The van der Waals surface area contributed by atoms with Gasteiger partial charge in [-0.1, -0.05) is 39.8 Å². The first-order valence-electron chi connectivity index (χ1n) is 11.5. The third-order valence-electron chi connectivity index (χ3n) is 6.35. The number of allylic oxidation sites excluding steroid dienone is 3. The van der Waals surface area contributed by atoms with E-state index in [-0.39, 0.29) is 11.2 Å². The number of rotatable bonds is 5. The number of nitrogens with two attached hydrogens (primary N) is 1. The summed E-state index contributed by atoms with van der Waals surface area (Å²) in [6.07, 6.45) is 2.14. The monoisotopic (exact) mass is 477 g/mol. The molecular weight excluding hydrogens is 446 g/mol. The highest BCUT2D eigenvalue weighted by Crippen LogP contribution is 2.52. The van der Waals surface area contributed by atoms with Gasteiger partial charge in [0.15, 0.2) is 5.78 Å². The summed E-state index contributed by atoms with van der Waals surface area (Å²) in [4.78, 5) is 17.0. The fraction of sp³-hybridized carbons (Fsp3) is 0.407. The van der Waals surface area contributed by atoms with E-state index in [0.717, 1.165) is 46.7 Å². The summed E-state index contributed by atoms with van der Waals surface area (Å²) in [5.41, 5.74) is 11.9. The summed E-state index contributed by atoms with van der Waals surface area (Å²) in [6.45, 7) is 10.6. The van der Waals surface area contributed by atoms with E-state index < -0.39 is 5.92 Å². The second-order valence-electron chi connectivity index (χ2n) is 9.56. The van der Waals surface area contributed by atoms with Crippen LogP contribution >= 0.6 is 23.1 Å². The summed E-state index contributed by atoms with van der Waals surface area (Å²) in [7, 11) is 0. The van der Waals surface area contributed by atoms with E-state index in [1.54, 1.807) is 23.1 Å². The molecule has 0 fully saturated rings. The molecule has 1 aliphatic carbocycles. The Morgan fingerprint density at radius 1 is 1.27 bits per heavy atom. The Labute approximate surface area is 205 Å². The number of nitriles is 1. The lowest BCUT2D eigenvalue weighted by atomic mass is 9.69. The highest BCUT2D eigenvalue weighted by atomic mass is 32.2. The SMILES string of the molecule is CCSc1sc(CC)cc1[C@H]1C(C#N)=C(N)N(c2cccc(C)c2)C2=C1C(=O)CC(C)(C)C2. The summed E-state index contributed by atoms with van der Waals surface area (Å²) >= 11 is 3.56. The summed E-state index contributed by atoms with van der Waals surface area (Å²) in [6, 6.07) is 12.7. The minimum Gasteiger partial charge on any atom is -0.384 e. The van der Waals surface area contributed by atoms with Crippen molar-refractivity contribution in [1.82, 2.24) is 0 Å². The van der Waals surface area contributed by atoms with E-state index in [1.165, 1.54) is 9.09 Å². The number of aryl methyl sites for hydroxylation is 2. The second-order valence-corrected chi connectivity index (χ2v) is 12.2. The largest absolute Gasteiger partial charge is 0.384 e. The maximum absolute atomic E-state index is 13.7. The van der Waals surface area contributed by atoms with Gasteiger partial charge in [-0.25, -0.2) is 0 Å². The van der Waals surface area contributed by atoms with Crippen LogP contribution in [0.25, 0.3) is 0 Å². The number of hydrogen-bond acceptors (Lipinski definition) is 6. The first-order valence-corrected chi connectivity index (χ1v) is 13.3. The standard InChI is InChI=1S/C27H31N3OS2/c1-6-18-12-19(26(33-18)32-7-2)23-20(15-28)25(29)30(17-10-8-9-16(3)11-17)21-13-27(4,5)14-22(31)24(21)23/h8-12,23H,6-7,13-14,29H2,1-5H3/t23-/m0/s1. The van der Waals surface area contributed by atoms with Crippen LogP contribution in [0, 0.1) is 23.7 Å². The molecule has 0 unspecified atom stereocenters. The summed E-state index contributed by atoms with van der Waals surface area (Å²) < 4.78 is 1.19. The maximum atomic E-state index is 13.7. The average Bonchev–Trinajstić information content (AvgIpc) is 3.15. The molecule has 1 aliphatic heterocycles. The molecular formula is C27H31N3OS2. The van der Waals surface area contributed by atoms with Crippen molar-refractivity contribution in [2.75, 3.05) is 10.7 Å². The van der Waals surface area contributed by atoms with Crippen molar-refractivity contribution >= 4 is 34.6 Å². The molecule has 1 atom stereocenters. The zero-order chi connectivity index (χ0) is 23.9. The molecule has 2 heterocycles. The van der Waals surface area contributed by atoms with Gasteiger partial charge in [0.2, 0.25) is 0 Å². The van der Waals surface area contributed by atoms with Crippen molar-refractivity contribution in [3.8, 4) is 6.07 Å². The molecule has 2 N–H and O–H groups in total. The number of carbonyl (C=O) groups is 1. The number of carbonyl (C=O) groups excluding carboxylic acids is 1. The van der Waals surface area contributed by atoms with Crippen molar-refractivity contribution in [3.05, 3.63) is 69.0 Å². The van der Waals surface area contributed by atoms with Crippen molar-refractivity contribution < 1.29 is 4.79 Å². The fourth-order valence-electron chi connectivity index (χ4n) is 4.94. The highest BCUT2D eigenvalue weighted by Gasteiger charge is 2.45. The Balaban J connectivity index is 2.01. The van der Waals surface area contributed by atoms with Crippen LogP contribution in [0.5, 0.6) is 0 Å². The molecule has 2 aliphatic rings. The second kappa shape index (κ2) is 9.04. The topological polar surface area (TPSA) is 70.1 Å². The van der Waals surface area contributed by atoms with Gasteiger partial charge >= 0.3 is 0 Å². The Morgan fingerprint density at radius 3 is 2.67 bits per heavy atom. The number of Topliss-reactive ketones (excluding diaryl/α,β-unsaturated/α-hetero) is 1. The smallest absolute Gasteiger partial charge is 0.162 e. The zero-order valence-electron chi connectivity index (χ0n) is 20.0. The molecule has 172 valence electrons. The van der Waals surface area contributed by atoms with Gasteiger partial charge in [0.1, 0.15) is 5.82 Å². The number of hydrogen-bond donors (Lipinski definition) is 1. The first-order chi connectivity index (χ1) is 15.7.